The van der Waals surface area contributed by atoms with Gasteiger partial charge in [0.05, 0.1) is 6.10 Å². The van der Waals surface area contributed by atoms with E-state index in [4.69, 9.17) is 5.73 Å². The molecule has 0 saturated heterocycles. The van der Waals surface area contributed by atoms with Crippen LogP contribution in [0.2, 0.25) is 0 Å². The Bertz CT molecular complexity index is 89.7. The summed E-state index contributed by atoms with van der Waals surface area (Å²) < 4.78 is 0. The fourth-order valence-electron chi connectivity index (χ4n) is 0.823. The van der Waals surface area contributed by atoms with Crippen molar-refractivity contribution in [3.8, 4) is 0 Å². The summed E-state index contributed by atoms with van der Waals surface area (Å²) >= 11 is 0. The van der Waals surface area contributed by atoms with Gasteiger partial charge in [-0.1, -0.05) is 27.7 Å². The van der Waals surface area contributed by atoms with Gasteiger partial charge in [0.15, 0.2) is 0 Å². The van der Waals surface area contributed by atoms with Crippen LogP contribution in [0.1, 0.15) is 34.1 Å². The lowest BCUT2D eigenvalue weighted by Crippen LogP contribution is -2.32. The van der Waals surface area contributed by atoms with Crippen molar-refractivity contribution in [2.24, 2.45) is 17.6 Å². The molecule has 0 aromatic carbocycles. The summed E-state index contributed by atoms with van der Waals surface area (Å²) in [5.74, 6) is 0.781. The standard InChI is InChI=1S/C9H21NO/c1-6(2)8(10)5-9(11)7(3)4/h6-9,11H,5,10H2,1-4H3/t8-,9-/m0/s1. The Hall–Kier alpha value is -0.0800. The molecule has 0 amide bonds. The third kappa shape index (κ3) is 4.38. The van der Waals surface area contributed by atoms with Gasteiger partial charge in [-0.2, -0.15) is 0 Å². The Balaban J connectivity index is 3.66. The molecule has 0 aliphatic heterocycles. The van der Waals surface area contributed by atoms with Crippen molar-refractivity contribution in [3.05, 3.63) is 0 Å². The smallest absolute Gasteiger partial charge is 0.0578 e. The minimum Gasteiger partial charge on any atom is -0.393 e. The predicted molar refractivity (Wildman–Crippen MR) is 48.3 cm³/mol. The molecule has 0 aliphatic carbocycles. The average Bonchev–Trinajstić information content (AvgIpc) is 1.87. The van der Waals surface area contributed by atoms with Crippen LogP contribution >= 0.6 is 0 Å². The first kappa shape index (κ1) is 10.9. The number of aliphatic hydroxyl groups is 1. The molecule has 0 spiro atoms. The summed E-state index contributed by atoms with van der Waals surface area (Å²) in [5, 5.41) is 9.47. The molecule has 0 unspecified atom stereocenters. The van der Waals surface area contributed by atoms with Crippen LogP contribution in [0, 0.1) is 11.8 Å². The molecule has 0 heterocycles. The van der Waals surface area contributed by atoms with Crippen molar-refractivity contribution in [2.75, 3.05) is 0 Å². The van der Waals surface area contributed by atoms with Gasteiger partial charge in [-0.05, 0) is 18.3 Å². The molecule has 2 nitrogen and oxygen atoms in total. The topological polar surface area (TPSA) is 46.2 Å². The van der Waals surface area contributed by atoms with Gasteiger partial charge in [-0.3, -0.25) is 0 Å². The van der Waals surface area contributed by atoms with Gasteiger partial charge in [-0.15, -0.1) is 0 Å². The van der Waals surface area contributed by atoms with Gasteiger partial charge in [-0.25, -0.2) is 0 Å². The third-order valence-corrected chi connectivity index (χ3v) is 2.14. The van der Waals surface area contributed by atoms with Crippen LogP contribution in [-0.4, -0.2) is 17.3 Å². The van der Waals surface area contributed by atoms with E-state index in [-0.39, 0.29) is 12.1 Å². The lowest BCUT2D eigenvalue weighted by Gasteiger charge is -2.21. The van der Waals surface area contributed by atoms with Gasteiger partial charge < -0.3 is 10.8 Å². The van der Waals surface area contributed by atoms with Crippen LogP contribution in [-0.2, 0) is 0 Å². The summed E-state index contributed by atoms with van der Waals surface area (Å²) in [7, 11) is 0. The molecule has 68 valence electrons. The number of hydrogen-bond donors (Lipinski definition) is 2. The van der Waals surface area contributed by atoms with Gasteiger partial charge in [0.1, 0.15) is 0 Å². The van der Waals surface area contributed by atoms with E-state index in [9.17, 15) is 5.11 Å². The Morgan fingerprint density at radius 2 is 1.55 bits per heavy atom. The van der Waals surface area contributed by atoms with E-state index >= 15 is 0 Å². The molecule has 0 rings (SSSR count). The van der Waals surface area contributed by atoms with E-state index in [0.717, 1.165) is 6.42 Å². The average molecular weight is 159 g/mol. The first-order chi connectivity index (χ1) is 4.95. The number of aliphatic hydroxyl groups excluding tert-OH is 1. The van der Waals surface area contributed by atoms with E-state index in [0.29, 0.717) is 11.8 Å². The largest absolute Gasteiger partial charge is 0.393 e. The molecule has 11 heavy (non-hydrogen) atoms. The quantitative estimate of drug-likeness (QED) is 0.651. The zero-order valence-corrected chi connectivity index (χ0v) is 8.04. The molecule has 0 aromatic heterocycles. The van der Waals surface area contributed by atoms with Crippen molar-refractivity contribution in [3.63, 3.8) is 0 Å². The molecule has 3 N–H and O–H groups in total. The highest BCUT2D eigenvalue weighted by molar-refractivity contribution is 4.71. The second-order valence-electron chi connectivity index (χ2n) is 3.95. The van der Waals surface area contributed by atoms with Gasteiger partial charge >= 0.3 is 0 Å². The molecule has 0 fully saturated rings. The second kappa shape index (κ2) is 4.73. The normalized spacial score (nSPS) is 17.5. The van der Waals surface area contributed by atoms with Gasteiger partial charge in [0.2, 0.25) is 0 Å². The molecular weight excluding hydrogens is 138 g/mol. The minimum atomic E-state index is -0.243. The molecule has 0 aromatic rings. The highest BCUT2D eigenvalue weighted by Gasteiger charge is 2.15. The molecule has 0 radical (unpaired) electrons. The van der Waals surface area contributed by atoms with Gasteiger partial charge in [0, 0.05) is 6.04 Å². The number of nitrogens with two attached hydrogens (primary N) is 1. The lowest BCUT2D eigenvalue weighted by atomic mass is 9.94. The fourth-order valence-corrected chi connectivity index (χ4v) is 0.823. The monoisotopic (exact) mass is 159 g/mol. The number of rotatable bonds is 4. The van der Waals surface area contributed by atoms with Gasteiger partial charge in [0.25, 0.3) is 0 Å². The van der Waals surface area contributed by atoms with Crippen molar-refractivity contribution in [1.82, 2.24) is 0 Å². The summed E-state index contributed by atoms with van der Waals surface area (Å²) in [6.45, 7) is 8.19. The summed E-state index contributed by atoms with van der Waals surface area (Å²) in [6.07, 6.45) is 0.474. The van der Waals surface area contributed by atoms with Crippen LogP contribution in [0.15, 0.2) is 0 Å². The SMILES string of the molecule is CC(C)[C@@H](N)C[C@H](O)C(C)C. The maximum absolute atomic E-state index is 9.47. The molecule has 2 atom stereocenters. The van der Waals surface area contributed by atoms with E-state index in [1.807, 2.05) is 13.8 Å². The lowest BCUT2D eigenvalue weighted by molar-refractivity contribution is 0.103. The first-order valence-corrected chi connectivity index (χ1v) is 4.38. The van der Waals surface area contributed by atoms with Crippen molar-refractivity contribution in [2.45, 2.75) is 46.3 Å². The highest BCUT2D eigenvalue weighted by Crippen LogP contribution is 2.11. The van der Waals surface area contributed by atoms with Crippen molar-refractivity contribution in [1.29, 1.82) is 0 Å². The van der Waals surface area contributed by atoms with E-state index < -0.39 is 0 Å². The Morgan fingerprint density at radius 1 is 1.09 bits per heavy atom. The van der Waals surface area contributed by atoms with Crippen LogP contribution in [0.4, 0.5) is 0 Å². The molecule has 0 saturated carbocycles. The first-order valence-electron chi connectivity index (χ1n) is 4.38. The van der Waals surface area contributed by atoms with Crippen molar-refractivity contribution >= 4 is 0 Å². The molecule has 0 aliphatic rings. The molecule has 0 bridgehead atoms. The van der Waals surface area contributed by atoms with E-state index in [1.165, 1.54) is 0 Å². The Labute approximate surface area is 69.8 Å². The maximum atomic E-state index is 9.47. The van der Waals surface area contributed by atoms with Crippen LogP contribution in [0.25, 0.3) is 0 Å². The summed E-state index contributed by atoms with van der Waals surface area (Å²) in [5.41, 5.74) is 5.80. The summed E-state index contributed by atoms with van der Waals surface area (Å²) in [4.78, 5) is 0. The second-order valence-corrected chi connectivity index (χ2v) is 3.95. The summed E-state index contributed by atoms with van der Waals surface area (Å²) in [6, 6.07) is 0.132. The molecule has 2 heteroatoms. The predicted octanol–water partition coefficient (Wildman–Crippen LogP) is 1.38. The van der Waals surface area contributed by atoms with Crippen molar-refractivity contribution < 1.29 is 5.11 Å². The maximum Gasteiger partial charge on any atom is 0.0578 e. The zero-order valence-electron chi connectivity index (χ0n) is 8.04. The van der Waals surface area contributed by atoms with E-state index in [2.05, 4.69) is 13.8 Å². The van der Waals surface area contributed by atoms with Crippen LogP contribution < -0.4 is 5.73 Å². The zero-order chi connectivity index (χ0) is 9.02. The van der Waals surface area contributed by atoms with Crippen LogP contribution in [0.5, 0.6) is 0 Å². The minimum absolute atomic E-state index is 0.132. The highest BCUT2D eigenvalue weighted by atomic mass is 16.3. The Morgan fingerprint density at radius 3 is 1.82 bits per heavy atom. The molecular formula is C9H21NO. The number of hydrogen-bond acceptors (Lipinski definition) is 2. The Kier molecular flexibility index (Phi) is 4.69. The van der Waals surface area contributed by atoms with Crippen LogP contribution in [0.3, 0.4) is 0 Å². The fraction of sp³-hybridized carbons (Fsp3) is 1.00. The third-order valence-electron chi connectivity index (χ3n) is 2.14. The van der Waals surface area contributed by atoms with E-state index in [1.54, 1.807) is 0 Å².